The maximum Gasteiger partial charge on any atom is 0.460 e. The van der Waals surface area contributed by atoms with Crippen molar-refractivity contribution < 1.29 is 62.9 Å². The Balaban J connectivity index is 5.75. The average Bonchev–Trinajstić information content (AvgIpc) is 2.23. The Labute approximate surface area is 106 Å². The number of hydrogen-bond donors (Lipinski definition) is 1. The second-order valence-corrected chi connectivity index (χ2v) is 3.14. The van der Waals surface area contributed by atoms with Gasteiger partial charge in [0.1, 0.15) is 0 Å². The first-order valence-electron chi connectivity index (χ1n) is 4.16. The molecular weight excluding hydrogens is 341 g/mol. The van der Waals surface area contributed by atoms with Crippen LogP contribution in [0.3, 0.4) is 0 Å². The van der Waals surface area contributed by atoms with E-state index in [4.69, 9.17) is 5.11 Å². The number of alkyl halides is 9. The van der Waals surface area contributed by atoms with Crippen LogP contribution in [-0.4, -0.2) is 35.4 Å². The minimum absolute atomic E-state index is 1.81. The minimum atomic E-state index is -6.86. The zero-order valence-corrected chi connectivity index (χ0v) is 8.92. The fourth-order valence-electron chi connectivity index (χ4n) is 0.659. The molecule has 14 heteroatoms. The Kier molecular flexibility index (Phi) is 4.90. The van der Waals surface area contributed by atoms with Gasteiger partial charge in [0.05, 0.1) is 0 Å². The smallest absolute Gasteiger partial charge is 0.460 e. The molecule has 0 aromatic heterocycles. The van der Waals surface area contributed by atoms with Crippen molar-refractivity contribution in [3.8, 4) is 0 Å². The Bertz CT molecular complexity index is 449. The number of carboxylic acid groups (broad SMARTS) is 1. The maximum atomic E-state index is 12.6. The Hall–Kier alpha value is -1.60. The molecule has 0 amide bonds. The van der Waals surface area contributed by atoms with E-state index < -0.39 is 41.9 Å². The van der Waals surface area contributed by atoms with Crippen LogP contribution in [0.15, 0.2) is 11.7 Å². The highest BCUT2D eigenvalue weighted by atomic mass is 19.4. The summed E-state index contributed by atoms with van der Waals surface area (Å²) in [6.45, 7) is 0. The first-order valence-corrected chi connectivity index (χ1v) is 4.16. The number of halogens is 11. The minimum Gasteiger partial charge on any atom is -0.475 e. The third kappa shape index (κ3) is 3.95. The molecule has 3 nitrogen and oxygen atoms in total. The summed E-state index contributed by atoms with van der Waals surface area (Å²) in [4.78, 5) is 9.68. The van der Waals surface area contributed by atoms with Crippen molar-refractivity contribution in [2.24, 2.45) is 0 Å². The lowest BCUT2D eigenvalue weighted by atomic mass is 10.2. The summed E-state index contributed by atoms with van der Waals surface area (Å²) < 4.78 is 136. The number of hydrogen-bond acceptors (Lipinski definition) is 2. The van der Waals surface area contributed by atoms with Gasteiger partial charge in [0.2, 0.25) is 11.7 Å². The number of carbonyl (C=O) groups is 1. The van der Waals surface area contributed by atoms with Crippen LogP contribution in [0.5, 0.6) is 0 Å². The second kappa shape index (κ2) is 5.31. The first kappa shape index (κ1) is 19.4. The molecule has 0 atom stereocenters. The molecule has 0 aromatic carbocycles. The second-order valence-electron chi connectivity index (χ2n) is 3.14. The van der Waals surface area contributed by atoms with Crippen LogP contribution < -0.4 is 0 Å². The molecule has 0 rings (SSSR count). The lowest BCUT2D eigenvalue weighted by Gasteiger charge is -2.27. The van der Waals surface area contributed by atoms with Gasteiger partial charge in [0.25, 0.3) is 0 Å². The number of aliphatic carboxylic acids is 1. The summed E-state index contributed by atoms with van der Waals surface area (Å²) in [7, 11) is 0. The van der Waals surface area contributed by atoms with E-state index in [0.717, 1.165) is 0 Å². The van der Waals surface area contributed by atoms with E-state index in [2.05, 4.69) is 0 Å². The molecule has 0 spiro atoms. The van der Waals surface area contributed by atoms with Gasteiger partial charge in [-0.25, -0.2) is 13.9 Å². The topological polar surface area (TPSA) is 46.5 Å². The van der Waals surface area contributed by atoms with E-state index in [1.165, 1.54) is 0 Å². The molecule has 124 valence electrons. The number of carboxylic acids is 1. The fraction of sp³-hybridized carbons (Fsp3) is 0.571. The molecule has 0 saturated carbocycles. The van der Waals surface area contributed by atoms with Gasteiger partial charge < -0.3 is 5.11 Å². The molecule has 1 N–H and O–H groups in total. The molecule has 0 aliphatic rings. The van der Waals surface area contributed by atoms with Crippen LogP contribution >= 0.6 is 0 Å². The quantitative estimate of drug-likeness (QED) is 0.777. The van der Waals surface area contributed by atoms with E-state index in [-0.39, 0.29) is 0 Å². The molecule has 0 aliphatic carbocycles. The third-order valence-corrected chi connectivity index (χ3v) is 1.59. The highest BCUT2D eigenvalue weighted by Crippen LogP contribution is 2.47. The first-order chi connectivity index (χ1) is 8.97. The molecule has 0 bridgehead atoms. The monoisotopic (exact) mass is 342 g/mol. The van der Waals surface area contributed by atoms with Gasteiger partial charge in [0, 0.05) is 0 Å². The SMILES string of the molecule is O=C(O)C(F)(F)OC(F)(F)C(F)(F)C(F)=C(F)C(F)(F)F. The molecule has 0 aliphatic heterocycles. The van der Waals surface area contributed by atoms with Gasteiger partial charge in [-0.3, -0.25) is 0 Å². The maximum absolute atomic E-state index is 12.6. The van der Waals surface area contributed by atoms with Gasteiger partial charge in [-0.15, -0.1) is 0 Å². The summed E-state index contributed by atoms with van der Waals surface area (Å²) in [5.74, 6) is -19.2. The standard InChI is InChI=1S/C7HF11O3/c8-1(2(9)5(12,13)14)4(10,11)7(17,18)21-6(15,16)3(19)20/h(H,19,20). The molecule has 0 fully saturated rings. The summed E-state index contributed by atoms with van der Waals surface area (Å²) in [6, 6.07) is 0. The summed E-state index contributed by atoms with van der Waals surface area (Å²) in [5.41, 5.74) is 0. The summed E-state index contributed by atoms with van der Waals surface area (Å²) in [6.07, 6.45) is -19.3. The van der Waals surface area contributed by atoms with Crippen LogP contribution in [0.1, 0.15) is 0 Å². The molecule has 0 heterocycles. The van der Waals surface area contributed by atoms with Crippen LogP contribution in [0.25, 0.3) is 0 Å². The van der Waals surface area contributed by atoms with Crippen LogP contribution in [0.2, 0.25) is 0 Å². The van der Waals surface area contributed by atoms with E-state index in [1.807, 2.05) is 4.74 Å². The van der Waals surface area contributed by atoms with Crippen molar-refractivity contribution in [2.75, 3.05) is 0 Å². The van der Waals surface area contributed by atoms with Crippen molar-refractivity contribution >= 4 is 5.97 Å². The molecule has 0 radical (unpaired) electrons. The van der Waals surface area contributed by atoms with Gasteiger partial charge in [0.15, 0.2) is 0 Å². The molecule has 0 saturated heterocycles. The zero-order chi connectivity index (χ0) is 17.4. The van der Waals surface area contributed by atoms with Gasteiger partial charge in [-0.2, -0.15) is 43.9 Å². The van der Waals surface area contributed by atoms with E-state index >= 15 is 0 Å². The average molecular weight is 342 g/mol. The molecule has 0 aromatic rings. The predicted octanol–water partition coefficient (Wildman–Crippen LogP) is 3.62. The van der Waals surface area contributed by atoms with Gasteiger partial charge in [-0.1, -0.05) is 0 Å². The molecule has 0 unspecified atom stereocenters. The van der Waals surface area contributed by atoms with Crippen molar-refractivity contribution in [1.29, 1.82) is 0 Å². The number of allylic oxidation sites excluding steroid dienone is 1. The Morgan fingerprint density at radius 1 is 0.810 bits per heavy atom. The normalized spacial score (nSPS) is 15.8. The van der Waals surface area contributed by atoms with Crippen molar-refractivity contribution in [2.45, 2.75) is 24.3 Å². The van der Waals surface area contributed by atoms with Gasteiger partial charge >= 0.3 is 30.3 Å². The van der Waals surface area contributed by atoms with Crippen LogP contribution in [0.4, 0.5) is 48.3 Å². The van der Waals surface area contributed by atoms with Crippen LogP contribution in [0, 0.1) is 0 Å². The molecule has 21 heavy (non-hydrogen) atoms. The lowest BCUT2D eigenvalue weighted by molar-refractivity contribution is -0.415. The van der Waals surface area contributed by atoms with E-state index in [9.17, 15) is 53.1 Å². The third-order valence-electron chi connectivity index (χ3n) is 1.59. The zero-order valence-electron chi connectivity index (χ0n) is 8.92. The van der Waals surface area contributed by atoms with Crippen molar-refractivity contribution in [3.63, 3.8) is 0 Å². The van der Waals surface area contributed by atoms with Gasteiger partial charge in [-0.05, 0) is 0 Å². The summed E-state index contributed by atoms with van der Waals surface area (Å²) >= 11 is 0. The van der Waals surface area contributed by atoms with Crippen LogP contribution in [-0.2, 0) is 9.53 Å². The molecular formula is C7HF11O3. The lowest BCUT2D eigenvalue weighted by Crippen LogP contribution is -2.50. The Morgan fingerprint density at radius 2 is 1.19 bits per heavy atom. The highest BCUT2D eigenvalue weighted by molar-refractivity contribution is 5.73. The number of ether oxygens (including phenoxy) is 1. The van der Waals surface area contributed by atoms with E-state index in [1.54, 1.807) is 0 Å². The van der Waals surface area contributed by atoms with E-state index in [0.29, 0.717) is 0 Å². The van der Waals surface area contributed by atoms with Crippen molar-refractivity contribution in [3.05, 3.63) is 11.7 Å². The highest BCUT2D eigenvalue weighted by Gasteiger charge is 2.68. The number of rotatable bonds is 5. The summed E-state index contributed by atoms with van der Waals surface area (Å²) in [5, 5.41) is 7.63. The fourth-order valence-corrected chi connectivity index (χ4v) is 0.659. The van der Waals surface area contributed by atoms with Crippen molar-refractivity contribution in [1.82, 2.24) is 0 Å². The largest absolute Gasteiger partial charge is 0.475 e. The predicted molar refractivity (Wildman–Crippen MR) is 38.9 cm³/mol. The Morgan fingerprint density at radius 3 is 1.48 bits per heavy atom.